The minimum Gasteiger partial charge on any atom is -0.480 e. The largest absolute Gasteiger partial charge is 0.480 e. The van der Waals surface area contributed by atoms with Crippen molar-refractivity contribution in [3.05, 3.63) is 0 Å². The maximum Gasteiger partial charge on any atom is 0.359 e. The molecular weight excluding hydrogens is 420 g/mol. The highest BCUT2D eigenvalue weighted by Crippen LogP contribution is 2.21. The van der Waals surface area contributed by atoms with E-state index in [1.807, 2.05) is 0 Å². The van der Waals surface area contributed by atoms with Gasteiger partial charge in [0.05, 0.1) is 6.54 Å². The molecule has 0 bridgehead atoms. The van der Waals surface area contributed by atoms with Gasteiger partial charge in [0.15, 0.2) is 19.4 Å². The van der Waals surface area contributed by atoms with Crippen LogP contribution in [0.1, 0.15) is 104 Å². The molecule has 7 heteroatoms. The van der Waals surface area contributed by atoms with Crippen molar-refractivity contribution in [2.75, 3.05) is 26.2 Å². The first kappa shape index (κ1) is 29.1. The molecule has 0 aromatic heterocycles. The molecule has 0 aromatic rings. The highest BCUT2D eigenvalue weighted by molar-refractivity contribution is 5.95. The van der Waals surface area contributed by atoms with Crippen LogP contribution in [0.4, 0.5) is 0 Å². The lowest BCUT2D eigenvalue weighted by atomic mass is 10.0. The molecule has 0 spiro atoms. The van der Waals surface area contributed by atoms with Gasteiger partial charge < -0.3 is 14.9 Å². The number of aliphatic carboxylic acids is 2. The number of hydrogen-bond donors (Lipinski definition) is 2. The predicted molar refractivity (Wildman–Crippen MR) is 131 cm³/mol. The van der Waals surface area contributed by atoms with E-state index in [9.17, 15) is 14.7 Å². The number of aliphatic imine (C=N–C) groups is 1. The number of hydrogen-bond acceptors (Lipinski definition) is 4. The summed E-state index contributed by atoms with van der Waals surface area (Å²) in [6.45, 7) is 4.19. The lowest BCUT2D eigenvalue weighted by Gasteiger charge is -2.36. The average Bonchev–Trinajstić information content (AvgIpc) is 3.17. The molecule has 0 aromatic carbocycles. The van der Waals surface area contributed by atoms with Crippen LogP contribution in [-0.2, 0) is 14.3 Å². The Morgan fingerprint density at radius 1 is 0.939 bits per heavy atom. The van der Waals surface area contributed by atoms with E-state index in [2.05, 4.69) is 23.8 Å². The molecule has 0 radical (unpaired) electrons. The Morgan fingerprint density at radius 3 is 2.00 bits per heavy atom. The van der Waals surface area contributed by atoms with Crippen LogP contribution in [0.25, 0.3) is 0 Å². The fraction of sp³-hybridized carbons (Fsp3) is 0.808. The molecule has 0 aliphatic carbocycles. The Labute approximate surface area is 200 Å². The fourth-order valence-electron chi connectivity index (χ4n) is 4.32. The van der Waals surface area contributed by atoms with Crippen molar-refractivity contribution in [1.82, 2.24) is 0 Å². The first-order chi connectivity index (χ1) is 15.9. The number of ether oxygens (including phenoxy) is 1. The van der Waals surface area contributed by atoms with Crippen LogP contribution in [0.3, 0.4) is 0 Å². The summed E-state index contributed by atoms with van der Waals surface area (Å²) in [6.07, 6.45) is 17.1. The number of carboxylic acid groups (broad SMARTS) is 2. The van der Waals surface area contributed by atoms with Gasteiger partial charge in [-0.3, -0.25) is 0 Å². The molecule has 1 aliphatic rings. The van der Waals surface area contributed by atoms with Gasteiger partial charge in [0.2, 0.25) is 0 Å². The van der Waals surface area contributed by atoms with E-state index in [1.165, 1.54) is 70.6 Å². The molecule has 33 heavy (non-hydrogen) atoms. The van der Waals surface area contributed by atoms with Gasteiger partial charge in [-0.25, -0.2) is 19.1 Å². The molecule has 188 valence electrons. The first-order valence-electron chi connectivity index (χ1n) is 12.9. The lowest BCUT2D eigenvalue weighted by molar-refractivity contribution is -0.875. The quantitative estimate of drug-likeness (QED) is 0.155. The van der Waals surface area contributed by atoms with E-state index in [0.29, 0.717) is 18.9 Å². The minimum atomic E-state index is -1.08. The van der Waals surface area contributed by atoms with Gasteiger partial charge in [-0.2, -0.15) is 0 Å². The third kappa shape index (κ3) is 12.2. The number of nitrogens with zero attached hydrogens (tertiary/aromatic N) is 2. The van der Waals surface area contributed by atoms with Gasteiger partial charge in [0, 0.05) is 19.3 Å². The molecular formula is C26H45N2O5+. The van der Waals surface area contributed by atoms with Crippen molar-refractivity contribution in [3.8, 4) is 11.8 Å². The van der Waals surface area contributed by atoms with E-state index in [1.54, 1.807) is 6.92 Å². The minimum absolute atomic E-state index is 0.0474. The van der Waals surface area contributed by atoms with Gasteiger partial charge in [-0.1, -0.05) is 89.9 Å². The van der Waals surface area contributed by atoms with E-state index < -0.39 is 24.8 Å². The standard InChI is InChI=1S/C26H44N2O5/c1-3-4-5-6-7-8-9-10-11-12-13-14-15-16-17-18-24-27-19-20-28(24,21-25(29)30)23(2)33-22-26(31)32/h23H,3-16,19-22H2,1-2H3,(H-,29,30,31,32)/p+1. The fourth-order valence-corrected chi connectivity index (χ4v) is 4.32. The molecule has 1 heterocycles. The van der Waals surface area contributed by atoms with Crippen molar-refractivity contribution in [1.29, 1.82) is 0 Å². The molecule has 0 saturated heterocycles. The summed E-state index contributed by atoms with van der Waals surface area (Å²) >= 11 is 0. The van der Waals surface area contributed by atoms with Gasteiger partial charge in [0.25, 0.3) is 5.84 Å². The maximum atomic E-state index is 11.5. The number of unbranched alkanes of at least 4 members (excludes halogenated alkanes) is 13. The van der Waals surface area contributed by atoms with Crippen molar-refractivity contribution in [2.45, 2.75) is 110 Å². The third-order valence-corrected chi connectivity index (χ3v) is 6.35. The van der Waals surface area contributed by atoms with Crippen LogP contribution in [0.5, 0.6) is 0 Å². The number of rotatable bonds is 19. The number of amidine groups is 1. The molecule has 2 unspecified atom stereocenters. The summed E-state index contributed by atoms with van der Waals surface area (Å²) in [7, 11) is 0. The summed E-state index contributed by atoms with van der Waals surface area (Å²) in [6, 6.07) is 0. The second-order valence-electron chi connectivity index (χ2n) is 9.11. The smallest absolute Gasteiger partial charge is 0.359 e. The number of quaternary nitrogens is 1. The van der Waals surface area contributed by atoms with Crippen molar-refractivity contribution < 1.29 is 29.0 Å². The van der Waals surface area contributed by atoms with Crippen LogP contribution < -0.4 is 0 Å². The summed E-state index contributed by atoms with van der Waals surface area (Å²) < 4.78 is 5.36. The molecule has 2 N–H and O–H groups in total. The molecule has 0 saturated carbocycles. The summed E-state index contributed by atoms with van der Waals surface area (Å²) in [5, 5.41) is 18.3. The van der Waals surface area contributed by atoms with Gasteiger partial charge >= 0.3 is 11.9 Å². The van der Waals surface area contributed by atoms with Gasteiger partial charge in [0.1, 0.15) is 6.54 Å². The van der Waals surface area contributed by atoms with E-state index in [4.69, 9.17) is 9.84 Å². The van der Waals surface area contributed by atoms with Crippen molar-refractivity contribution in [3.63, 3.8) is 0 Å². The Bertz CT molecular complexity index is 667. The molecule has 1 aliphatic heterocycles. The summed E-state index contributed by atoms with van der Waals surface area (Å²) in [5.74, 6) is 4.66. The van der Waals surface area contributed by atoms with Crippen LogP contribution in [0.2, 0.25) is 0 Å². The summed E-state index contributed by atoms with van der Waals surface area (Å²) in [4.78, 5) is 26.7. The van der Waals surface area contributed by atoms with E-state index >= 15 is 0 Å². The molecule has 1 rings (SSSR count). The predicted octanol–water partition coefficient (Wildman–Crippen LogP) is 5.23. The number of carbonyl (C=O) groups is 2. The highest BCUT2D eigenvalue weighted by Gasteiger charge is 2.45. The SMILES string of the molecule is CCCCCCCCCCCCCCCC#CC1=NCC[N+]1(CC(=O)O)C(C)OCC(=O)O. The second kappa shape index (κ2) is 17.6. The summed E-state index contributed by atoms with van der Waals surface area (Å²) in [5.41, 5.74) is 0. The molecule has 0 amide bonds. The third-order valence-electron chi connectivity index (χ3n) is 6.35. The molecule has 2 atom stereocenters. The number of carboxylic acids is 2. The van der Waals surface area contributed by atoms with Crippen LogP contribution in [-0.4, -0.2) is 64.9 Å². The molecule has 7 nitrogen and oxygen atoms in total. The Morgan fingerprint density at radius 2 is 1.48 bits per heavy atom. The monoisotopic (exact) mass is 465 g/mol. The van der Waals surface area contributed by atoms with Crippen LogP contribution >= 0.6 is 0 Å². The van der Waals surface area contributed by atoms with Gasteiger partial charge in [-0.05, 0) is 6.42 Å². The van der Waals surface area contributed by atoms with Crippen LogP contribution in [0, 0.1) is 11.8 Å². The highest BCUT2D eigenvalue weighted by atomic mass is 16.5. The van der Waals surface area contributed by atoms with Crippen molar-refractivity contribution >= 4 is 17.8 Å². The maximum absolute atomic E-state index is 11.5. The van der Waals surface area contributed by atoms with Crippen LogP contribution in [0.15, 0.2) is 4.99 Å². The lowest BCUT2D eigenvalue weighted by Crippen LogP contribution is -2.60. The zero-order valence-electron chi connectivity index (χ0n) is 20.8. The Balaban J connectivity index is 2.27. The zero-order valence-corrected chi connectivity index (χ0v) is 20.8. The topological polar surface area (TPSA) is 96.2 Å². The first-order valence-corrected chi connectivity index (χ1v) is 12.9. The Kier molecular flexibility index (Phi) is 15.5. The second-order valence-corrected chi connectivity index (χ2v) is 9.11. The Hall–Kier alpha value is -1.91. The van der Waals surface area contributed by atoms with Crippen molar-refractivity contribution in [2.24, 2.45) is 4.99 Å². The average molecular weight is 466 g/mol. The normalized spacial score (nSPS) is 18.4. The van der Waals surface area contributed by atoms with E-state index in [0.717, 1.165) is 19.3 Å². The van der Waals surface area contributed by atoms with E-state index in [-0.39, 0.29) is 11.0 Å². The molecule has 0 fully saturated rings. The zero-order chi connectivity index (χ0) is 24.4. The van der Waals surface area contributed by atoms with Gasteiger partial charge in [-0.15, -0.1) is 0 Å².